The summed E-state index contributed by atoms with van der Waals surface area (Å²) in [7, 11) is 1.18. The van der Waals surface area contributed by atoms with Gasteiger partial charge in [-0.25, -0.2) is 0 Å². The van der Waals surface area contributed by atoms with Gasteiger partial charge >= 0.3 is 11.9 Å². The van der Waals surface area contributed by atoms with E-state index in [4.69, 9.17) is 18.5 Å². The third-order valence-corrected chi connectivity index (χ3v) is 16.6. The zero-order valence-corrected chi connectivity index (χ0v) is 54.7. The fourth-order valence-electron chi connectivity index (χ4n) is 10.3. The number of carbonyl (C=O) groups excluding carboxylic acids is 2. The maximum Gasteiger partial charge on any atom is 0.306 e. The smallest absolute Gasteiger partial charge is 0.306 e. The van der Waals surface area contributed by atoms with Crippen LogP contribution in [-0.4, -0.2) is 70.0 Å². The van der Waals surface area contributed by atoms with Crippen molar-refractivity contribution in [3.05, 3.63) is 36.5 Å². The Labute approximate surface area is 497 Å². The van der Waals surface area contributed by atoms with Gasteiger partial charge in [-0.1, -0.05) is 301 Å². The summed E-state index contributed by atoms with van der Waals surface area (Å²) in [6.45, 7) is 4.28. The van der Waals surface area contributed by atoms with Crippen LogP contribution < -0.4 is 4.89 Å². The van der Waals surface area contributed by atoms with Gasteiger partial charge in [0, 0.05) is 12.8 Å². The van der Waals surface area contributed by atoms with Crippen LogP contribution in [0.25, 0.3) is 0 Å². The van der Waals surface area contributed by atoms with Crippen LogP contribution in [0.4, 0.5) is 0 Å². The van der Waals surface area contributed by atoms with Crippen molar-refractivity contribution >= 4 is 19.8 Å². The highest BCUT2D eigenvalue weighted by Gasteiger charge is 2.22. The second-order valence-electron chi connectivity index (χ2n) is 24.9. The van der Waals surface area contributed by atoms with Crippen molar-refractivity contribution in [2.45, 2.75) is 354 Å². The van der Waals surface area contributed by atoms with Gasteiger partial charge in [-0.2, -0.15) is 0 Å². The molecule has 0 saturated carbocycles. The fraction of sp³-hybridized carbons (Fsp3) is 0.886. The van der Waals surface area contributed by atoms with Gasteiger partial charge in [-0.05, 0) is 70.6 Å². The number of ether oxygens (including phenoxy) is 2. The third-order valence-electron chi connectivity index (χ3n) is 15.6. The van der Waals surface area contributed by atoms with Crippen molar-refractivity contribution in [2.24, 2.45) is 0 Å². The van der Waals surface area contributed by atoms with Crippen LogP contribution in [0, 0.1) is 0 Å². The van der Waals surface area contributed by atoms with E-state index in [9.17, 15) is 19.0 Å². The van der Waals surface area contributed by atoms with E-state index in [2.05, 4.69) is 50.3 Å². The molecule has 0 rings (SSSR count). The van der Waals surface area contributed by atoms with Crippen molar-refractivity contribution in [2.75, 3.05) is 47.5 Å². The number of phosphoric acid groups is 1. The van der Waals surface area contributed by atoms with Crippen LogP contribution in [0.15, 0.2) is 36.5 Å². The summed E-state index contributed by atoms with van der Waals surface area (Å²) in [5, 5.41) is 0. The van der Waals surface area contributed by atoms with Gasteiger partial charge in [-0.3, -0.25) is 14.2 Å². The van der Waals surface area contributed by atoms with Crippen molar-refractivity contribution in [3.8, 4) is 0 Å². The van der Waals surface area contributed by atoms with Crippen molar-refractivity contribution in [1.82, 2.24) is 0 Å². The molecule has 80 heavy (non-hydrogen) atoms. The number of nitrogens with zero attached hydrogens (tertiary/aromatic N) is 1. The number of unbranched alkanes of at least 4 members (excludes halogenated alkanes) is 45. The third kappa shape index (κ3) is 65.4. The summed E-state index contributed by atoms with van der Waals surface area (Å²) in [5.41, 5.74) is 0. The maximum atomic E-state index is 12.8. The molecule has 0 saturated heterocycles. The first-order valence-corrected chi connectivity index (χ1v) is 36.2. The number of quaternary nitrogens is 1. The topological polar surface area (TPSA) is 111 Å². The summed E-state index contributed by atoms with van der Waals surface area (Å²) in [4.78, 5) is 38.0. The highest BCUT2D eigenvalue weighted by atomic mass is 31.2. The minimum Gasteiger partial charge on any atom is -0.756 e. The molecule has 0 aromatic rings. The molecule has 0 spiro atoms. The van der Waals surface area contributed by atoms with E-state index >= 15 is 0 Å². The normalized spacial score (nSPS) is 13.3. The van der Waals surface area contributed by atoms with Crippen molar-refractivity contribution in [3.63, 3.8) is 0 Å². The molecule has 472 valence electrons. The molecule has 0 aliphatic heterocycles. The van der Waals surface area contributed by atoms with E-state index in [1.165, 1.54) is 263 Å². The molecule has 0 aromatic heterocycles. The lowest BCUT2D eigenvalue weighted by Crippen LogP contribution is -2.37. The molecule has 0 bridgehead atoms. The number of hydrogen-bond acceptors (Lipinski definition) is 8. The molecule has 0 N–H and O–H groups in total. The molecule has 0 aliphatic carbocycles. The summed E-state index contributed by atoms with van der Waals surface area (Å²) in [6, 6.07) is 0. The first-order chi connectivity index (χ1) is 39.0. The monoisotopic (exact) mass is 1150 g/mol. The molecule has 0 amide bonds. The van der Waals surface area contributed by atoms with Gasteiger partial charge in [0.25, 0.3) is 7.82 Å². The standard InChI is InChI=1S/C70H134NO8P/c1-6-8-10-12-14-16-18-20-22-24-26-28-29-30-31-32-33-34-35-36-37-38-39-40-41-43-44-46-48-50-52-54-56-58-60-62-69(72)76-66-68(67-78-80(74,75)77-65-64-71(3,4)5)79-70(73)63-61-59-57-55-53-51-49-47-45-42-27-25-23-21-19-17-15-13-11-9-7-2/h19,21,24-27,68H,6-18,20,22-23,28-67H2,1-5H3/b21-19-,26-24-,27-25-. The van der Waals surface area contributed by atoms with E-state index in [0.29, 0.717) is 17.4 Å². The number of phosphoric ester groups is 1. The van der Waals surface area contributed by atoms with E-state index in [1.807, 2.05) is 21.1 Å². The number of esters is 2. The molecular weight excluding hydrogens is 1010 g/mol. The van der Waals surface area contributed by atoms with Gasteiger partial charge in [0.15, 0.2) is 6.10 Å². The predicted octanol–water partition coefficient (Wildman–Crippen LogP) is 21.6. The van der Waals surface area contributed by atoms with Crippen LogP contribution in [0.1, 0.15) is 348 Å². The Bertz CT molecular complexity index is 1440. The summed E-state index contributed by atoms with van der Waals surface area (Å²) in [5.74, 6) is -0.821. The van der Waals surface area contributed by atoms with E-state index in [1.54, 1.807) is 0 Å². The minimum absolute atomic E-state index is 0.0298. The van der Waals surface area contributed by atoms with E-state index < -0.39 is 26.5 Å². The average Bonchev–Trinajstić information content (AvgIpc) is 3.42. The lowest BCUT2D eigenvalue weighted by molar-refractivity contribution is -0.870. The molecule has 0 radical (unpaired) electrons. The first kappa shape index (κ1) is 78.2. The SMILES string of the molecule is CCCCCCC/C=C\C/C=C\CCCCCCCCCCCC(=O)OC(COC(=O)CCCCCCCCCCCCCCCCCCCCCCCCC/C=C\CCCCCCCCCC)COP(=O)([O-])OCC[N+](C)(C)C. The first-order valence-electron chi connectivity index (χ1n) is 34.7. The Balaban J connectivity index is 3.95. The summed E-state index contributed by atoms with van der Waals surface area (Å²) in [6.07, 6.45) is 78.1. The van der Waals surface area contributed by atoms with Gasteiger partial charge in [-0.15, -0.1) is 0 Å². The zero-order chi connectivity index (χ0) is 58.4. The molecule has 2 unspecified atom stereocenters. The molecule has 0 fully saturated rings. The predicted molar refractivity (Wildman–Crippen MR) is 342 cm³/mol. The van der Waals surface area contributed by atoms with Gasteiger partial charge in [0.1, 0.15) is 19.8 Å². The highest BCUT2D eigenvalue weighted by molar-refractivity contribution is 7.45. The van der Waals surface area contributed by atoms with Crippen LogP contribution in [0.3, 0.4) is 0 Å². The number of carbonyl (C=O) groups is 2. The molecule has 0 aromatic carbocycles. The Morgan fingerprint density at radius 2 is 0.675 bits per heavy atom. The van der Waals surface area contributed by atoms with Gasteiger partial charge in [0.2, 0.25) is 0 Å². The van der Waals surface area contributed by atoms with Crippen molar-refractivity contribution < 1.29 is 42.1 Å². The van der Waals surface area contributed by atoms with Gasteiger partial charge < -0.3 is 27.9 Å². The largest absolute Gasteiger partial charge is 0.756 e. The van der Waals surface area contributed by atoms with E-state index in [0.717, 1.165) is 51.4 Å². The summed E-state index contributed by atoms with van der Waals surface area (Å²) < 4.78 is 34.3. The Morgan fingerprint density at radius 3 is 1.00 bits per heavy atom. The Hall–Kier alpha value is -1.77. The number of rotatable bonds is 65. The van der Waals surface area contributed by atoms with Crippen LogP contribution in [0.2, 0.25) is 0 Å². The second kappa shape index (κ2) is 61.8. The Morgan fingerprint density at radius 1 is 0.388 bits per heavy atom. The molecule has 2 atom stereocenters. The molecular formula is C70H134NO8P. The number of allylic oxidation sites excluding steroid dienone is 6. The lowest BCUT2D eigenvalue weighted by Gasteiger charge is -2.28. The van der Waals surface area contributed by atoms with Crippen LogP contribution in [0.5, 0.6) is 0 Å². The molecule has 0 aliphatic rings. The van der Waals surface area contributed by atoms with E-state index in [-0.39, 0.29) is 32.0 Å². The second-order valence-corrected chi connectivity index (χ2v) is 26.3. The quantitative estimate of drug-likeness (QED) is 0.0195. The van der Waals surface area contributed by atoms with Gasteiger partial charge in [0.05, 0.1) is 27.7 Å². The molecule has 0 heterocycles. The summed E-state index contributed by atoms with van der Waals surface area (Å²) >= 11 is 0. The van der Waals surface area contributed by atoms with Crippen LogP contribution >= 0.6 is 7.82 Å². The van der Waals surface area contributed by atoms with Crippen molar-refractivity contribution in [1.29, 1.82) is 0 Å². The van der Waals surface area contributed by atoms with Crippen LogP contribution in [-0.2, 0) is 32.7 Å². The average molecular weight is 1150 g/mol. The number of hydrogen-bond donors (Lipinski definition) is 0. The zero-order valence-electron chi connectivity index (χ0n) is 53.8. The molecule has 9 nitrogen and oxygen atoms in total. The molecule has 10 heteroatoms. The highest BCUT2D eigenvalue weighted by Crippen LogP contribution is 2.38. The lowest BCUT2D eigenvalue weighted by atomic mass is 10.0. The Kier molecular flexibility index (Phi) is 60.4. The fourth-order valence-corrected chi connectivity index (χ4v) is 11.0. The number of likely N-dealkylation sites (N-methyl/N-ethyl adjacent to an activating group) is 1. The minimum atomic E-state index is -4.64. The maximum absolute atomic E-state index is 12.8.